The van der Waals surface area contributed by atoms with Crippen molar-refractivity contribution < 1.29 is 27.8 Å². The number of carbonyl (C=O) groups is 1. The van der Waals surface area contributed by atoms with Crippen molar-refractivity contribution in [1.82, 2.24) is 9.97 Å². The number of halogens is 3. The summed E-state index contributed by atoms with van der Waals surface area (Å²) in [5.74, 6) is -1.57. The average molecular weight is 360 g/mol. The summed E-state index contributed by atoms with van der Waals surface area (Å²) < 4.78 is 41.8. The molecule has 1 aromatic carbocycles. The second-order valence-corrected chi connectivity index (χ2v) is 5.17. The van der Waals surface area contributed by atoms with Crippen molar-refractivity contribution >= 4 is 5.97 Å². The molecule has 0 atom stereocenters. The molecule has 0 spiro atoms. The van der Waals surface area contributed by atoms with Crippen LogP contribution >= 0.6 is 0 Å². The lowest BCUT2D eigenvalue weighted by Crippen LogP contribution is -2.17. The Morgan fingerprint density at radius 1 is 0.846 bits per heavy atom. The maximum absolute atomic E-state index is 12.6. The van der Waals surface area contributed by atoms with Crippen LogP contribution < -0.4 is 4.74 Å². The van der Waals surface area contributed by atoms with E-state index in [1.165, 1.54) is 36.4 Å². The van der Waals surface area contributed by atoms with E-state index in [0.717, 1.165) is 0 Å². The molecule has 26 heavy (non-hydrogen) atoms. The molecule has 0 amide bonds. The lowest BCUT2D eigenvalue weighted by atomic mass is 10.1. The highest BCUT2D eigenvalue weighted by atomic mass is 19.4. The highest BCUT2D eigenvalue weighted by Crippen LogP contribution is 2.33. The zero-order valence-electron chi connectivity index (χ0n) is 13.1. The van der Waals surface area contributed by atoms with Gasteiger partial charge in [0.1, 0.15) is 11.4 Å². The van der Waals surface area contributed by atoms with Gasteiger partial charge in [0.2, 0.25) is 0 Å². The number of alkyl halides is 3. The zero-order valence-corrected chi connectivity index (χ0v) is 13.1. The van der Waals surface area contributed by atoms with E-state index >= 15 is 0 Å². The third-order valence-electron chi connectivity index (χ3n) is 3.37. The molecule has 0 aliphatic heterocycles. The van der Waals surface area contributed by atoms with Gasteiger partial charge in [-0.1, -0.05) is 24.3 Å². The summed E-state index contributed by atoms with van der Waals surface area (Å²) in [6.45, 7) is 0. The summed E-state index contributed by atoms with van der Waals surface area (Å²) in [5, 5.41) is 9.03. The third kappa shape index (κ3) is 3.97. The second kappa shape index (κ2) is 6.83. The number of pyridine rings is 2. The number of rotatable bonds is 4. The number of carboxylic acids is 1. The number of hydrogen-bond donors (Lipinski definition) is 1. The predicted octanol–water partition coefficient (Wildman–Crippen LogP) is 4.41. The first-order valence-electron chi connectivity index (χ1n) is 7.36. The van der Waals surface area contributed by atoms with Crippen LogP contribution in [-0.4, -0.2) is 27.4 Å². The van der Waals surface area contributed by atoms with Crippen molar-refractivity contribution in [3.05, 3.63) is 66.4 Å². The van der Waals surface area contributed by atoms with Gasteiger partial charge in [0.05, 0.1) is 17.1 Å². The van der Waals surface area contributed by atoms with E-state index < -0.39 is 12.3 Å². The van der Waals surface area contributed by atoms with Gasteiger partial charge in [-0.25, -0.2) is 14.8 Å². The number of aromatic nitrogens is 2. The molecule has 0 radical (unpaired) electrons. The molecule has 0 aliphatic carbocycles. The Hall–Kier alpha value is -3.42. The molecular weight excluding hydrogens is 349 g/mol. The lowest BCUT2D eigenvalue weighted by molar-refractivity contribution is -0.274. The minimum Gasteiger partial charge on any atom is -0.477 e. The molecule has 3 aromatic rings. The first kappa shape index (κ1) is 17.4. The predicted molar refractivity (Wildman–Crippen MR) is 86.5 cm³/mol. The molecule has 2 aromatic heterocycles. The maximum Gasteiger partial charge on any atom is 0.573 e. The first-order valence-corrected chi connectivity index (χ1v) is 7.36. The first-order chi connectivity index (χ1) is 12.3. The van der Waals surface area contributed by atoms with E-state index in [2.05, 4.69) is 14.7 Å². The van der Waals surface area contributed by atoms with Gasteiger partial charge in [-0.15, -0.1) is 13.2 Å². The normalized spacial score (nSPS) is 11.2. The Balaban J connectivity index is 2.04. The summed E-state index contributed by atoms with van der Waals surface area (Å²) in [5.41, 5.74) is 0.856. The second-order valence-electron chi connectivity index (χ2n) is 5.17. The molecule has 0 saturated heterocycles. The van der Waals surface area contributed by atoms with Crippen LogP contribution in [0.4, 0.5) is 13.2 Å². The average Bonchev–Trinajstić information content (AvgIpc) is 2.61. The van der Waals surface area contributed by atoms with Gasteiger partial charge in [0, 0.05) is 5.56 Å². The van der Waals surface area contributed by atoms with Crippen LogP contribution in [0.25, 0.3) is 22.6 Å². The van der Waals surface area contributed by atoms with E-state index in [1.807, 2.05) is 0 Å². The Bertz CT molecular complexity index is 958. The third-order valence-corrected chi connectivity index (χ3v) is 3.37. The number of hydrogen-bond acceptors (Lipinski definition) is 4. The maximum atomic E-state index is 12.6. The summed E-state index contributed by atoms with van der Waals surface area (Å²) in [6.07, 6.45) is -4.83. The van der Waals surface area contributed by atoms with Crippen LogP contribution in [0.15, 0.2) is 60.7 Å². The fourth-order valence-corrected chi connectivity index (χ4v) is 2.32. The van der Waals surface area contributed by atoms with Crippen LogP contribution in [0.1, 0.15) is 10.5 Å². The molecule has 0 aliphatic rings. The van der Waals surface area contributed by atoms with Crippen molar-refractivity contribution in [2.45, 2.75) is 6.36 Å². The van der Waals surface area contributed by atoms with Crippen molar-refractivity contribution in [2.75, 3.05) is 0 Å². The molecular formula is C18H11F3N2O3. The topological polar surface area (TPSA) is 72.3 Å². The van der Waals surface area contributed by atoms with Gasteiger partial charge in [0.25, 0.3) is 0 Å². The van der Waals surface area contributed by atoms with E-state index in [1.54, 1.807) is 24.3 Å². The highest BCUT2D eigenvalue weighted by molar-refractivity contribution is 5.86. The molecule has 3 rings (SSSR count). The zero-order chi connectivity index (χ0) is 18.7. The molecule has 0 bridgehead atoms. The molecule has 0 saturated carbocycles. The van der Waals surface area contributed by atoms with Gasteiger partial charge < -0.3 is 9.84 Å². The Labute approximate surface area is 145 Å². The Kier molecular flexibility index (Phi) is 4.57. The molecule has 132 valence electrons. The van der Waals surface area contributed by atoms with Crippen molar-refractivity contribution in [3.8, 4) is 28.4 Å². The lowest BCUT2D eigenvalue weighted by Gasteiger charge is -2.13. The van der Waals surface area contributed by atoms with Gasteiger partial charge in [-0.2, -0.15) is 0 Å². The van der Waals surface area contributed by atoms with E-state index in [-0.39, 0.29) is 22.7 Å². The molecule has 1 N–H and O–H groups in total. The fraction of sp³-hybridized carbons (Fsp3) is 0.0556. The van der Waals surface area contributed by atoms with Gasteiger partial charge in [0.15, 0.2) is 0 Å². The van der Waals surface area contributed by atoms with E-state index in [4.69, 9.17) is 5.11 Å². The standard InChI is InChI=1S/C18H11F3N2O3/c19-18(20,21)26-16-10-2-1-5-11(16)12-6-3-7-13(22-12)14-8-4-9-15(23-14)17(24)25/h1-10H,(H,24,25). The van der Waals surface area contributed by atoms with Crippen molar-refractivity contribution in [3.63, 3.8) is 0 Å². The summed E-state index contributed by atoms with van der Waals surface area (Å²) in [6, 6.07) is 14.8. The van der Waals surface area contributed by atoms with Crippen LogP contribution in [0.5, 0.6) is 5.75 Å². The highest BCUT2D eigenvalue weighted by Gasteiger charge is 2.32. The van der Waals surface area contributed by atoms with Gasteiger partial charge >= 0.3 is 12.3 Å². The molecule has 0 unspecified atom stereocenters. The van der Waals surface area contributed by atoms with Crippen LogP contribution in [0.3, 0.4) is 0 Å². The number of aromatic carboxylic acids is 1. The molecule has 2 heterocycles. The fourth-order valence-electron chi connectivity index (χ4n) is 2.32. The number of benzene rings is 1. The summed E-state index contributed by atoms with van der Waals surface area (Å²) in [7, 11) is 0. The minimum atomic E-state index is -4.83. The summed E-state index contributed by atoms with van der Waals surface area (Å²) >= 11 is 0. The van der Waals surface area contributed by atoms with Crippen LogP contribution in [-0.2, 0) is 0 Å². The number of nitrogens with zero attached hydrogens (tertiary/aromatic N) is 2. The van der Waals surface area contributed by atoms with Crippen LogP contribution in [0.2, 0.25) is 0 Å². The SMILES string of the molecule is O=C(O)c1cccc(-c2cccc(-c3ccccc3OC(F)(F)F)n2)n1. The van der Waals surface area contributed by atoms with Gasteiger partial charge in [-0.3, -0.25) is 0 Å². The quantitative estimate of drug-likeness (QED) is 0.746. The number of ether oxygens (including phenoxy) is 1. The smallest absolute Gasteiger partial charge is 0.477 e. The Morgan fingerprint density at radius 3 is 2.15 bits per heavy atom. The van der Waals surface area contributed by atoms with Crippen molar-refractivity contribution in [1.29, 1.82) is 0 Å². The van der Waals surface area contributed by atoms with Gasteiger partial charge in [-0.05, 0) is 36.4 Å². The summed E-state index contributed by atoms with van der Waals surface area (Å²) in [4.78, 5) is 19.3. The van der Waals surface area contributed by atoms with E-state index in [0.29, 0.717) is 11.4 Å². The number of para-hydroxylation sites is 1. The monoisotopic (exact) mass is 360 g/mol. The molecule has 0 fully saturated rings. The minimum absolute atomic E-state index is 0.154. The molecule has 5 nitrogen and oxygen atoms in total. The van der Waals surface area contributed by atoms with E-state index in [9.17, 15) is 18.0 Å². The number of carboxylic acid groups (broad SMARTS) is 1. The Morgan fingerprint density at radius 2 is 1.46 bits per heavy atom. The molecule has 8 heteroatoms. The largest absolute Gasteiger partial charge is 0.573 e. The van der Waals surface area contributed by atoms with Crippen LogP contribution in [0, 0.1) is 0 Å². The van der Waals surface area contributed by atoms with Crippen molar-refractivity contribution in [2.24, 2.45) is 0 Å².